The smallest absolute Gasteiger partial charge is 0.119 e. The Balaban J connectivity index is 2.29. The summed E-state index contributed by atoms with van der Waals surface area (Å²) < 4.78 is 11.9. The molecule has 3 heteroatoms. The van der Waals surface area contributed by atoms with Crippen LogP contribution in [-0.2, 0) is 4.74 Å². The first-order valence-electron chi connectivity index (χ1n) is 7.89. The van der Waals surface area contributed by atoms with Gasteiger partial charge < -0.3 is 14.8 Å². The SMILES string of the molecule is CCOc1cccc(C(NC)C2CC(C)(C)OC2(C)C)c1. The number of ether oxygens (including phenoxy) is 2. The average molecular weight is 291 g/mol. The van der Waals surface area contributed by atoms with Crippen LogP contribution in [0.4, 0.5) is 0 Å². The van der Waals surface area contributed by atoms with E-state index in [4.69, 9.17) is 9.47 Å². The molecule has 1 aliphatic rings. The van der Waals surface area contributed by atoms with Gasteiger partial charge in [-0.2, -0.15) is 0 Å². The molecule has 0 bridgehead atoms. The van der Waals surface area contributed by atoms with E-state index < -0.39 is 0 Å². The molecule has 21 heavy (non-hydrogen) atoms. The van der Waals surface area contributed by atoms with Crippen LogP contribution >= 0.6 is 0 Å². The second-order valence-corrected chi connectivity index (χ2v) is 7.05. The molecule has 1 fully saturated rings. The van der Waals surface area contributed by atoms with Crippen molar-refractivity contribution in [3.8, 4) is 5.75 Å². The monoisotopic (exact) mass is 291 g/mol. The van der Waals surface area contributed by atoms with Gasteiger partial charge in [-0.3, -0.25) is 0 Å². The lowest BCUT2D eigenvalue weighted by molar-refractivity contribution is -0.0776. The Labute approximate surface area is 129 Å². The van der Waals surface area contributed by atoms with Crippen molar-refractivity contribution in [1.82, 2.24) is 5.32 Å². The molecule has 0 radical (unpaired) electrons. The minimum atomic E-state index is -0.140. The van der Waals surface area contributed by atoms with E-state index in [1.807, 2.05) is 20.0 Å². The quantitative estimate of drug-likeness (QED) is 0.891. The molecule has 2 unspecified atom stereocenters. The molecule has 1 saturated heterocycles. The highest BCUT2D eigenvalue weighted by molar-refractivity contribution is 5.31. The van der Waals surface area contributed by atoms with Crippen molar-refractivity contribution in [2.24, 2.45) is 5.92 Å². The third-order valence-corrected chi connectivity index (χ3v) is 4.39. The zero-order valence-corrected chi connectivity index (χ0v) is 14.2. The van der Waals surface area contributed by atoms with Gasteiger partial charge in [-0.05, 0) is 65.8 Å². The lowest BCUT2D eigenvalue weighted by atomic mass is 9.79. The fourth-order valence-corrected chi connectivity index (χ4v) is 3.69. The number of rotatable bonds is 5. The summed E-state index contributed by atoms with van der Waals surface area (Å²) in [5.41, 5.74) is 1.06. The molecule has 1 N–H and O–H groups in total. The van der Waals surface area contributed by atoms with Crippen LogP contribution in [-0.4, -0.2) is 24.9 Å². The van der Waals surface area contributed by atoms with E-state index in [1.165, 1.54) is 5.56 Å². The number of hydrogen-bond acceptors (Lipinski definition) is 3. The fraction of sp³-hybridized carbons (Fsp3) is 0.667. The molecule has 2 atom stereocenters. The van der Waals surface area contributed by atoms with Crippen LogP contribution in [0.1, 0.15) is 52.6 Å². The van der Waals surface area contributed by atoms with E-state index in [9.17, 15) is 0 Å². The summed E-state index contributed by atoms with van der Waals surface area (Å²) in [6.07, 6.45) is 1.05. The van der Waals surface area contributed by atoms with Gasteiger partial charge in [0.2, 0.25) is 0 Å². The maximum absolute atomic E-state index is 6.26. The summed E-state index contributed by atoms with van der Waals surface area (Å²) in [5, 5.41) is 3.49. The third-order valence-electron chi connectivity index (χ3n) is 4.39. The number of hydrogen-bond donors (Lipinski definition) is 1. The zero-order valence-electron chi connectivity index (χ0n) is 14.2. The van der Waals surface area contributed by atoms with Crippen molar-refractivity contribution in [3.05, 3.63) is 29.8 Å². The Morgan fingerprint density at radius 2 is 2.05 bits per heavy atom. The molecule has 2 rings (SSSR count). The Hall–Kier alpha value is -1.06. The van der Waals surface area contributed by atoms with E-state index in [1.54, 1.807) is 0 Å². The standard InChI is InChI=1S/C18H29NO2/c1-7-20-14-10-8-9-13(11-14)16(19-6)15-12-17(2,3)21-18(15,4)5/h8-11,15-16,19H,7,12H2,1-6H3. The molecular weight excluding hydrogens is 262 g/mol. The van der Waals surface area contributed by atoms with Gasteiger partial charge in [-0.25, -0.2) is 0 Å². The molecule has 0 amide bonds. The Morgan fingerprint density at radius 1 is 1.33 bits per heavy atom. The highest BCUT2D eigenvalue weighted by Gasteiger charge is 2.49. The van der Waals surface area contributed by atoms with Gasteiger partial charge in [0, 0.05) is 12.0 Å². The first-order valence-corrected chi connectivity index (χ1v) is 7.89. The summed E-state index contributed by atoms with van der Waals surface area (Å²) in [6.45, 7) is 11.5. The van der Waals surface area contributed by atoms with Crippen LogP contribution in [0.3, 0.4) is 0 Å². The molecule has 118 valence electrons. The van der Waals surface area contributed by atoms with Crippen molar-refractivity contribution in [2.45, 2.75) is 58.3 Å². The van der Waals surface area contributed by atoms with E-state index in [0.717, 1.165) is 12.2 Å². The largest absolute Gasteiger partial charge is 0.494 e. The Bertz CT molecular complexity index is 482. The van der Waals surface area contributed by atoms with Gasteiger partial charge in [-0.15, -0.1) is 0 Å². The normalized spacial score (nSPS) is 24.8. The van der Waals surface area contributed by atoms with Crippen molar-refractivity contribution in [1.29, 1.82) is 0 Å². The van der Waals surface area contributed by atoms with Gasteiger partial charge in [0.1, 0.15) is 5.75 Å². The van der Waals surface area contributed by atoms with Gasteiger partial charge in [0.25, 0.3) is 0 Å². The van der Waals surface area contributed by atoms with Crippen molar-refractivity contribution in [2.75, 3.05) is 13.7 Å². The second-order valence-electron chi connectivity index (χ2n) is 7.05. The van der Waals surface area contributed by atoms with E-state index in [-0.39, 0.29) is 17.2 Å². The Kier molecular flexibility index (Phi) is 4.64. The van der Waals surface area contributed by atoms with Gasteiger partial charge >= 0.3 is 0 Å². The number of nitrogens with one attached hydrogen (secondary N) is 1. The first-order chi connectivity index (χ1) is 9.79. The highest BCUT2D eigenvalue weighted by Crippen LogP contribution is 2.47. The molecule has 1 aromatic carbocycles. The maximum atomic E-state index is 6.26. The predicted octanol–water partition coefficient (Wildman–Crippen LogP) is 3.94. The van der Waals surface area contributed by atoms with Crippen LogP contribution < -0.4 is 10.1 Å². The minimum absolute atomic E-state index is 0.0687. The van der Waals surface area contributed by atoms with Crippen molar-refractivity contribution in [3.63, 3.8) is 0 Å². The molecule has 3 nitrogen and oxygen atoms in total. The van der Waals surface area contributed by atoms with Gasteiger partial charge in [0.15, 0.2) is 0 Å². The van der Waals surface area contributed by atoms with Gasteiger partial charge in [0.05, 0.1) is 17.8 Å². The molecule has 0 saturated carbocycles. The van der Waals surface area contributed by atoms with Crippen LogP contribution in [0.2, 0.25) is 0 Å². The summed E-state index contributed by atoms with van der Waals surface area (Å²) in [7, 11) is 2.03. The highest BCUT2D eigenvalue weighted by atomic mass is 16.5. The predicted molar refractivity (Wildman–Crippen MR) is 86.8 cm³/mol. The minimum Gasteiger partial charge on any atom is -0.494 e. The third kappa shape index (κ3) is 3.58. The molecule has 1 aliphatic heterocycles. The summed E-state index contributed by atoms with van der Waals surface area (Å²) in [4.78, 5) is 0. The van der Waals surface area contributed by atoms with Gasteiger partial charge in [-0.1, -0.05) is 12.1 Å². The first kappa shape index (κ1) is 16.3. The molecule has 0 aliphatic carbocycles. The second kappa shape index (κ2) is 5.98. The summed E-state index contributed by atoms with van der Waals surface area (Å²) in [5.74, 6) is 1.36. The zero-order chi connectivity index (χ0) is 15.7. The molecular formula is C18H29NO2. The summed E-state index contributed by atoms with van der Waals surface area (Å²) >= 11 is 0. The van der Waals surface area contributed by atoms with E-state index >= 15 is 0 Å². The molecule has 1 aromatic rings. The van der Waals surface area contributed by atoms with Crippen LogP contribution in [0.5, 0.6) is 5.75 Å². The molecule has 0 spiro atoms. The van der Waals surface area contributed by atoms with E-state index in [2.05, 4.69) is 51.2 Å². The summed E-state index contributed by atoms with van der Waals surface area (Å²) in [6, 6.07) is 8.66. The van der Waals surface area contributed by atoms with Crippen LogP contribution in [0.15, 0.2) is 24.3 Å². The van der Waals surface area contributed by atoms with Crippen LogP contribution in [0.25, 0.3) is 0 Å². The van der Waals surface area contributed by atoms with Crippen molar-refractivity contribution < 1.29 is 9.47 Å². The topological polar surface area (TPSA) is 30.5 Å². The number of benzene rings is 1. The fourth-order valence-electron chi connectivity index (χ4n) is 3.69. The molecule has 0 aromatic heterocycles. The van der Waals surface area contributed by atoms with Crippen LogP contribution in [0, 0.1) is 5.92 Å². The average Bonchev–Trinajstić information content (AvgIpc) is 2.59. The Morgan fingerprint density at radius 3 is 2.57 bits per heavy atom. The van der Waals surface area contributed by atoms with Crippen molar-refractivity contribution >= 4 is 0 Å². The maximum Gasteiger partial charge on any atom is 0.119 e. The lowest BCUT2D eigenvalue weighted by Crippen LogP contribution is -2.37. The van der Waals surface area contributed by atoms with E-state index in [0.29, 0.717) is 12.5 Å². The molecule has 1 heterocycles. The lowest BCUT2D eigenvalue weighted by Gasteiger charge is -2.33.